The SMILES string of the molecule is OCC1CCn2nccc2CN1c1ncccn1. The van der Waals surface area contributed by atoms with Gasteiger partial charge in [-0.15, -0.1) is 0 Å². The molecule has 0 radical (unpaired) electrons. The molecule has 18 heavy (non-hydrogen) atoms. The Morgan fingerprint density at radius 3 is 2.89 bits per heavy atom. The molecule has 1 N–H and O–H groups in total. The number of hydrogen-bond acceptors (Lipinski definition) is 5. The number of rotatable bonds is 2. The molecule has 2 aromatic rings. The third-order valence-corrected chi connectivity index (χ3v) is 3.27. The summed E-state index contributed by atoms with van der Waals surface area (Å²) in [5, 5.41) is 13.8. The number of aryl methyl sites for hydroxylation is 1. The second-order valence-corrected chi connectivity index (χ2v) is 4.35. The van der Waals surface area contributed by atoms with Gasteiger partial charge in [0, 0.05) is 25.1 Å². The van der Waals surface area contributed by atoms with E-state index >= 15 is 0 Å². The number of fused-ring (bicyclic) bond motifs is 1. The van der Waals surface area contributed by atoms with E-state index < -0.39 is 0 Å². The maximum atomic E-state index is 9.54. The Morgan fingerprint density at radius 2 is 2.11 bits per heavy atom. The summed E-state index contributed by atoms with van der Waals surface area (Å²) in [5.74, 6) is 0.659. The summed E-state index contributed by atoms with van der Waals surface area (Å²) >= 11 is 0. The van der Waals surface area contributed by atoms with Crippen LogP contribution < -0.4 is 4.90 Å². The molecule has 3 heterocycles. The fraction of sp³-hybridized carbons (Fsp3) is 0.417. The van der Waals surface area contributed by atoms with Gasteiger partial charge in [0.05, 0.1) is 24.9 Å². The number of hydrogen-bond donors (Lipinski definition) is 1. The van der Waals surface area contributed by atoms with E-state index in [9.17, 15) is 5.11 Å². The Bertz CT molecular complexity index is 512. The molecule has 0 spiro atoms. The van der Waals surface area contributed by atoms with Crippen LogP contribution in [0.2, 0.25) is 0 Å². The molecular weight excluding hydrogens is 230 g/mol. The highest BCUT2D eigenvalue weighted by molar-refractivity contribution is 5.32. The number of nitrogens with zero attached hydrogens (tertiary/aromatic N) is 5. The van der Waals surface area contributed by atoms with Gasteiger partial charge in [-0.05, 0) is 18.6 Å². The summed E-state index contributed by atoms with van der Waals surface area (Å²) < 4.78 is 1.98. The van der Waals surface area contributed by atoms with E-state index in [-0.39, 0.29) is 12.6 Å². The normalized spacial score (nSPS) is 19.4. The quantitative estimate of drug-likeness (QED) is 0.831. The molecule has 1 unspecified atom stereocenters. The van der Waals surface area contributed by atoms with Crippen molar-refractivity contribution in [3.05, 3.63) is 36.4 Å². The third-order valence-electron chi connectivity index (χ3n) is 3.27. The van der Waals surface area contributed by atoms with Crippen LogP contribution in [0.15, 0.2) is 30.7 Å². The van der Waals surface area contributed by atoms with Gasteiger partial charge in [-0.3, -0.25) is 4.68 Å². The molecule has 0 saturated carbocycles. The molecule has 6 nitrogen and oxygen atoms in total. The molecule has 2 aromatic heterocycles. The van der Waals surface area contributed by atoms with E-state index in [0.717, 1.165) is 18.7 Å². The Morgan fingerprint density at radius 1 is 1.28 bits per heavy atom. The van der Waals surface area contributed by atoms with Crippen molar-refractivity contribution in [2.75, 3.05) is 11.5 Å². The minimum Gasteiger partial charge on any atom is -0.394 e. The summed E-state index contributed by atoms with van der Waals surface area (Å²) in [6.45, 7) is 1.59. The Hall–Kier alpha value is -1.95. The monoisotopic (exact) mass is 245 g/mol. The van der Waals surface area contributed by atoms with Gasteiger partial charge >= 0.3 is 0 Å². The highest BCUT2D eigenvalue weighted by atomic mass is 16.3. The van der Waals surface area contributed by atoms with Crippen LogP contribution in [0.3, 0.4) is 0 Å². The van der Waals surface area contributed by atoms with Crippen LogP contribution in [0.4, 0.5) is 5.95 Å². The molecule has 1 atom stereocenters. The Kier molecular flexibility index (Phi) is 2.93. The fourth-order valence-electron chi connectivity index (χ4n) is 2.29. The van der Waals surface area contributed by atoms with Gasteiger partial charge in [0.2, 0.25) is 5.95 Å². The molecule has 0 fully saturated rings. The third kappa shape index (κ3) is 1.95. The first-order valence-electron chi connectivity index (χ1n) is 6.03. The van der Waals surface area contributed by atoms with Crippen molar-refractivity contribution in [2.24, 2.45) is 0 Å². The zero-order valence-corrected chi connectivity index (χ0v) is 9.98. The van der Waals surface area contributed by atoms with Crippen molar-refractivity contribution in [3.8, 4) is 0 Å². The number of aromatic nitrogens is 4. The predicted octanol–water partition coefficient (Wildman–Crippen LogP) is 0.444. The first-order chi connectivity index (χ1) is 8.88. The summed E-state index contributed by atoms with van der Waals surface area (Å²) in [6, 6.07) is 3.82. The van der Waals surface area contributed by atoms with Crippen LogP contribution in [0.5, 0.6) is 0 Å². The molecule has 94 valence electrons. The van der Waals surface area contributed by atoms with Crippen LogP contribution >= 0.6 is 0 Å². The van der Waals surface area contributed by atoms with Crippen molar-refractivity contribution in [2.45, 2.75) is 25.6 Å². The van der Waals surface area contributed by atoms with Gasteiger partial charge in [0.15, 0.2) is 0 Å². The van der Waals surface area contributed by atoms with Gasteiger partial charge in [-0.25, -0.2) is 9.97 Å². The van der Waals surface area contributed by atoms with E-state index in [1.165, 1.54) is 0 Å². The van der Waals surface area contributed by atoms with Crippen molar-refractivity contribution in [3.63, 3.8) is 0 Å². The van der Waals surface area contributed by atoms with Gasteiger partial charge in [-0.1, -0.05) is 0 Å². The van der Waals surface area contributed by atoms with Crippen LogP contribution in [0.25, 0.3) is 0 Å². The van der Waals surface area contributed by atoms with Crippen LogP contribution in [0, 0.1) is 0 Å². The maximum Gasteiger partial charge on any atom is 0.225 e. The van der Waals surface area contributed by atoms with Crippen molar-refractivity contribution < 1.29 is 5.11 Å². The minimum absolute atomic E-state index is 0.0362. The number of aliphatic hydroxyl groups excluding tert-OH is 1. The van der Waals surface area contributed by atoms with Crippen LogP contribution in [-0.2, 0) is 13.1 Å². The molecule has 0 aliphatic carbocycles. The molecule has 3 rings (SSSR count). The maximum absolute atomic E-state index is 9.54. The average Bonchev–Trinajstić information content (AvgIpc) is 2.79. The topological polar surface area (TPSA) is 67.1 Å². The van der Waals surface area contributed by atoms with Crippen LogP contribution in [0.1, 0.15) is 12.1 Å². The standard InChI is InChI=1S/C12H15N5O/c18-9-11-3-7-17-10(2-6-15-17)8-16(11)12-13-4-1-5-14-12/h1-2,4-6,11,18H,3,7-9H2. The van der Waals surface area contributed by atoms with E-state index in [1.807, 2.05) is 15.6 Å². The van der Waals surface area contributed by atoms with Crippen molar-refractivity contribution in [1.82, 2.24) is 19.7 Å². The molecule has 0 aromatic carbocycles. The zero-order valence-electron chi connectivity index (χ0n) is 9.98. The Balaban J connectivity index is 1.95. The lowest BCUT2D eigenvalue weighted by Gasteiger charge is -2.27. The summed E-state index contributed by atoms with van der Waals surface area (Å²) in [7, 11) is 0. The second-order valence-electron chi connectivity index (χ2n) is 4.35. The lowest BCUT2D eigenvalue weighted by Crippen LogP contribution is -2.37. The summed E-state index contributed by atoms with van der Waals surface area (Å²) in [4.78, 5) is 10.6. The van der Waals surface area contributed by atoms with Gasteiger partial charge in [0.1, 0.15) is 0 Å². The predicted molar refractivity (Wildman–Crippen MR) is 65.9 cm³/mol. The zero-order chi connectivity index (χ0) is 12.4. The Labute approximate surface area is 105 Å². The molecule has 1 aliphatic heterocycles. The molecular formula is C12H15N5O. The second kappa shape index (κ2) is 4.73. The first-order valence-corrected chi connectivity index (χ1v) is 6.03. The summed E-state index contributed by atoms with van der Waals surface area (Å²) in [5.41, 5.74) is 1.12. The van der Waals surface area contributed by atoms with E-state index in [4.69, 9.17) is 0 Å². The number of aliphatic hydroxyl groups is 1. The van der Waals surface area contributed by atoms with Gasteiger partial charge in [0.25, 0.3) is 0 Å². The smallest absolute Gasteiger partial charge is 0.225 e. The summed E-state index contributed by atoms with van der Waals surface area (Å²) in [6.07, 6.45) is 6.08. The fourth-order valence-corrected chi connectivity index (χ4v) is 2.29. The molecule has 6 heteroatoms. The average molecular weight is 245 g/mol. The number of anilines is 1. The minimum atomic E-state index is 0.0362. The van der Waals surface area contributed by atoms with Crippen LogP contribution in [-0.4, -0.2) is 37.5 Å². The van der Waals surface area contributed by atoms with Gasteiger partial charge in [-0.2, -0.15) is 5.10 Å². The van der Waals surface area contributed by atoms with Gasteiger partial charge < -0.3 is 10.0 Å². The lowest BCUT2D eigenvalue weighted by atomic mass is 10.2. The highest BCUT2D eigenvalue weighted by Crippen LogP contribution is 2.20. The highest BCUT2D eigenvalue weighted by Gasteiger charge is 2.25. The van der Waals surface area contributed by atoms with Crippen molar-refractivity contribution in [1.29, 1.82) is 0 Å². The molecule has 0 amide bonds. The lowest BCUT2D eigenvalue weighted by molar-refractivity contribution is 0.250. The molecule has 0 saturated heterocycles. The largest absolute Gasteiger partial charge is 0.394 e. The van der Waals surface area contributed by atoms with E-state index in [2.05, 4.69) is 15.1 Å². The molecule has 1 aliphatic rings. The molecule has 0 bridgehead atoms. The van der Waals surface area contributed by atoms with Crippen molar-refractivity contribution >= 4 is 5.95 Å². The first kappa shape index (κ1) is 11.2. The van der Waals surface area contributed by atoms with E-state index in [0.29, 0.717) is 12.5 Å². The van der Waals surface area contributed by atoms with E-state index in [1.54, 1.807) is 24.7 Å².